The van der Waals surface area contributed by atoms with Crippen LogP contribution in [0.15, 0.2) is 24.3 Å². The van der Waals surface area contributed by atoms with Crippen molar-refractivity contribution in [3.63, 3.8) is 0 Å². The summed E-state index contributed by atoms with van der Waals surface area (Å²) < 4.78 is 0. The normalized spacial score (nSPS) is 12.5. The second-order valence-electron chi connectivity index (χ2n) is 4.38. The van der Waals surface area contributed by atoms with Crippen LogP contribution in [0.2, 0.25) is 0 Å². The summed E-state index contributed by atoms with van der Waals surface area (Å²) in [6.07, 6.45) is 3.81. The molecule has 0 aliphatic heterocycles. The zero-order valence-corrected chi connectivity index (χ0v) is 10.5. The molecule has 1 rings (SSSR count). The molecule has 1 heteroatoms. The Balaban J connectivity index is 2.87. The maximum absolute atomic E-state index is 2.32. The van der Waals surface area contributed by atoms with Gasteiger partial charge in [0.2, 0.25) is 0 Å². The highest BCUT2D eigenvalue weighted by molar-refractivity contribution is 5.47. The Bertz CT molecular complexity index is 291. The van der Waals surface area contributed by atoms with Crippen molar-refractivity contribution in [1.29, 1.82) is 0 Å². The molecule has 0 aromatic heterocycles. The largest absolute Gasteiger partial charge is 0.378 e. The van der Waals surface area contributed by atoms with E-state index in [1.54, 1.807) is 0 Å². The van der Waals surface area contributed by atoms with Crippen molar-refractivity contribution < 1.29 is 0 Å². The van der Waals surface area contributed by atoms with Crippen LogP contribution in [0.25, 0.3) is 0 Å². The lowest BCUT2D eigenvalue weighted by molar-refractivity contribution is 0.596. The van der Waals surface area contributed by atoms with Gasteiger partial charge in [0.05, 0.1) is 0 Å². The first-order valence-corrected chi connectivity index (χ1v) is 5.96. The van der Waals surface area contributed by atoms with Crippen LogP contribution < -0.4 is 4.90 Å². The number of anilines is 1. The van der Waals surface area contributed by atoms with E-state index in [0.29, 0.717) is 0 Å². The maximum Gasteiger partial charge on any atom is 0.0363 e. The lowest BCUT2D eigenvalue weighted by Gasteiger charge is -2.18. The fraction of sp³-hybridized carbons (Fsp3) is 0.571. The number of hydrogen-bond acceptors (Lipinski definition) is 1. The molecule has 15 heavy (non-hydrogen) atoms. The second-order valence-corrected chi connectivity index (χ2v) is 4.38. The highest BCUT2D eigenvalue weighted by atomic mass is 15.1. The third kappa shape index (κ3) is 3.26. The summed E-state index contributed by atoms with van der Waals surface area (Å²) in [4.78, 5) is 2.17. The van der Waals surface area contributed by atoms with Gasteiger partial charge in [-0.2, -0.15) is 0 Å². The van der Waals surface area contributed by atoms with Gasteiger partial charge in [-0.05, 0) is 36.5 Å². The van der Waals surface area contributed by atoms with Gasteiger partial charge in [0.15, 0.2) is 0 Å². The molecule has 1 aromatic rings. The molecule has 0 spiro atoms. The van der Waals surface area contributed by atoms with Gasteiger partial charge in [-0.1, -0.05) is 32.4 Å². The Morgan fingerprint density at radius 2 is 1.93 bits per heavy atom. The van der Waals surface area contributed by atoms with E-state index in [9.17, 15) is 0 Å². The highest BCUT2D eigenvalue weighted by Crippen LogP contribution is 2.27. The van der Waals surface area contributed by atoms with Crippen molar-refractivity contribution in [2.75, 3.05) is 19.0 Å². The monoisotopic (exact) mass is 205 g/mol. The van der Waals surface area contributed by atoms with Crippen molar-refractivity contribution in [1.82, 2.24) is 0 Å². The van der Waals surface area contributed by atoms with E-state index >= 15 is 0 Å². The SMILES string of the molecule is CCCC(CC)c1cccc(N(C)C)c1. The van der Waals surface area contributed by atoms with Gasteiger partial charge in [0.1, 0.15) is 0 Å². The van der Waals surface area contributed by atoms with E-state index < -0.39 is 0 Å². The molecule has 0 N–H and O–H groups in total. The average Bonchev–Trinajstić information content (AvgIpc) is 2.26. The van der Waals surface area contributed by atoms with Crippen LogP contribution >= 0.6 is 0 Å². The highest BCUT2D eigenvalue weighted by Gasteiger charge is 2.08. The summed E-state index contributed by atoms with van der Waals surface area (Å²) in [6, 6.07) is 8.92. The van der Waals surface area contributed by atoms with E-state index in [4.69, 9.17) is 0 Å². The number of rotatable bonds is 5. The minimum atomic E-state index is 0.731. The molecule has 1 unspecified atom stereocenters. The van der Waals surface area contributed by atoms with Gasteiger partial charge in [-0.15, -0.1) is 0 Å². The molecular weight excluding hydrogens is 182 g/mol. The number of benzene rings is 1. The zero-order chi connectivity index (χ0) is 11.3. The molecule has 0 bridgehead atoms. The summed E-state index contributed by atoms with van der Waals surface area (Å²) in [5, 5.41) is 0. The van der Waals surface area contributed by atoms with Crippen molar-refractivity contribution in [3.8, 4) is 0 Å². The quantitative estimate of drug-likeness (QED) is 0.701. The van der Waals surface area contributed by atoms with Crippen LogP contribution in [-0.2, 0) is 0 Å². The predicted octanol–water partition coefficient (Wildman–Crippen LogP) is 4.05. The van der Waals surface area contributed by atoms with E-state index in [1.807, 2.05) is 0 Å². The predicted molar refractivity (Wildman–Crippen MR) is 68.7 cm³/mol. The summed E-state index contributed by atoms with van der Waals surface area (Å²) in [7, 11) is 4.19. The number of nitrogens with zero attached hydrogens (tertiary/aromatic N) is 1. The molecule has 0 saturated heterocycles. The van der Waals surface area contributed by atoms with Gasteiger partial charge in [-0.3, -0.25) is 0 Å². The lowest BCUT2D eigenvalue weighted by atomic mass is 9.92. The average molecular weight is 205 g/mol. The summed E-state index contributed by atoms with van der Waals surface area (Å²) in [5.41, 5.74) is 2.80. The maximum atomic E-state index is 2.32. The Morgan fingerprint density at radius 3 is 2.47 bits per heavy atom. The molecule has 1 nitrogen and oxygen atoms in total. The fourth-order valence-electron chi connectivity index (χ4n) is 2.01. The second kappa shape index (κ2) is 5.79. The van der Waals surface area contributed by atoms with Gasteiger partial charge in [-0.25, -0.2) is 0 Å². The Morgan fingerprint density at radius 1 is 1.20 bits per heavy atom. The standard InChI is InChI=1S/C14H23N/c1-5-8-12(6-2)13-9-7-10-14(11-13)15(3)4/h7,9-12H,5-6,8H2,1-4H3. The molecule has 0 fully saturated rings. The molecule has 0 radical (unpaired) electrons. The fourth-order valence-corrected chi connectivity index (χ4v) is 2.01. The molecule has 0 aliphatic carbocycles. The summed E-state index contributed by atoms with van der Waals surface area (Å²) in [6.45, 7) is 4.54. The zero-order valence-electron chi connectivity index (χ0n) is 10.5. The molecule has 1 atom stereocenters. The molecule has 0 amide bonds. The van der Waals surface area contributed by atoms with Crippen LogP contribution in [0.4, 0.5) is 5.69 Å². The summed E-state index contributed by atoms with van der Waals surface area (Å²) >= 11 is 0. The Kier molecular flexibility index (Phi) is 4.67. The first kappa shape index (κ1) is 12.1. The van der Waals surface area contributed by atoms with E-state index in [-0.39, 0.29) is 0 Å². The molecule has 0 aliphatic rings. The van der Waals surface area contributed by atoms with Crippen LogP contribution in [0.1, 0.15) is 44.6 Å². The van der Waals surface area contributed by atoms with Gasteiger partial charge < -0.3 is 4.90 Å². The van der Waals surface area contributed by atoms with Gasteiger partial charge in [0, 0.05) is 19.8 Å². The topological polar surface area (TPSA) is 3.24 Å². The van der Waals surface area contributed by atoms with Crippen molar-refractivity contribution in [3.05, 3.63) is 29.8 Å². The first-order chi connectivity index (χ1) is 7.19. The van der Waals surface area contributed by atoms with E-state index in [1.165, 1.54) is 30.5 Å². The minimum Gasteiger partial charge on any atom is -0.378 e. The smallest absolute Gasteiger partial charge is 0.0363 e. The van der Waals surface area contributed by atoms with Crippen LogP contribution in [-0.4, -0.2) is 14.1 Å². The third-order valence-electron chi connectivity index (χ3n) is 2.99. The minimum absolute atomic E-state index is 0.731. The third-order valence-corrected chi connectivity index (χ3v) is 2.99. The van der Waals surface area contributed by atoms with Crippen molar-refractivity contribution in [2.24, 2.45) is 0 Å². The summed E-state index contributed by atoms with van der Waals surface area (Å²) in [5.74, 6) is 0.731. The lowest BCUT2D eigenvalue weighted by Crippen LogP contribution is -2.09. The first-order valence-electron chi connectivity index (χ1n) is 5.96. The van der Waals surface area contributed by atoms with Crippen molar-refractivity contribution in [2.45, 2.75) is 39.0 Å². The van der Waals surface area contributed by atoms with Crippen LogP contribution in [0, 0.1) is 0 Å². The van der Waals surface area contributed by atoms with E-state index in [2.05, 4.69) is 57.1 Å². The van der Waals surface area contributed by atoms with E-state index in [0.717, 1.165) is 5.92 Å². The Labute approximate surface area is 94.1 Å². The molecule has 0 heterocycles. The van der Waals surface area contributed by atoms with Crippen LogP contribution in [0.5, 0.6) is 0 Å². The van der Waals surface area contributed by atoms with Gasteiger partial charge in [0.25, 0.3) is 0 Å². The van der Waals surface area contributed by atoms with Crippen LogP contribution in [0.3, 0.4) is 0 Å². The number of hydrogen-bond donors (Lipinski definition) is 0. The Hall–Kier alpha value is -0.980. The van der Waals surface area contributed by atoms with Crippen molar-refractivity contribution >= 4 is 5.69 Å². The molecule has 84 valence electrons. The molecular formula is C14H23N. The molecule has 1 aromatic carbocycles. The molecule has 0 saturated carbocycles. The van der Waals surface area contributed by atoms with Gasteiger partial charge >= 0.3 is 0 Å².